The molecule has 0 spiro atoms. The Morgan fingerprint density at radius 3 is 2.55 bits per heavy atom. The maximum atomic E-state index is 13.3. The van der Waals surface area contributed by atoms with Gasteiger partial charge in [-0.15, -0.1) is 0 Å². The lowest BCUT2D eigenvalue weighted by Gasteiger charge is -2.39. The van der Waals surface area contributed by atoms with Crippen molar-refractivity contribution in [2.75, 3.05) is 24.2 Å². The zero-order valence-electron chi connectivity index (χ0n) is 17.2. The fourth-order valence-electron chi connectivity index (χ4n) is 5.69. The first-order valence-electron chi connectivity index (χ1n) is 10.5. The van der Waals surface area contributed by atoms with Crippen LogP contribution in [0.5, 0.6) is 0 Å². The van der Waals surface area contributed by atoms with Gasteiger partial charge in [0.15, 0.2) is 0 Å². The largest absolute Gasteiger partial charge is 0.326 e. The molecule has 158 valence electrons. The van der Waals surface area contributed by atoms with Crippen molar-refractivity contribution in [3.8, 4) is 0 Å². The van der Waals surface area contributed by atoms with Crippen LogP contribution in [0.25, 0.3) is 0 Å². The number of Topliss-reactive ketones (excluding diaryl/α,β-unsaturated/α-hetero) is 1. The maximum absolute atomic E-state index is 13.3. The molecule has 1 aromatic carbocycles. The third kappa shape index (κ3) is 3.42. The molecule has 1 N–H and O–H groups in total. The van der Waals surface area contributed by atoms with Gasteiger partial charge in [0.05, 0.1) is 11.7 Å². The summed E-state index contributed by atoms with van der Waals surface area (Å²) >= 11 is 0. The first kappa shape index (κ1) is 20.5. The maximum Gasteiger partial charge on any atom is 0.228 e. The Hall–Kier alpha value is -1.73. The molecule has 2 saturated carbocycles. The quantitative estimate of drug-likeness (QED) is 0.797. The Kier molecular flexibility index (Phi) is 5.10. The fourth-order valence-corrected chi connectivity index (χ4v) is 7.98. The topological polar surface area (TPSA) is 83.6 Å². The van der Waals surface area contributed by atoms with Gasteiger partial charge in [0, 0.05) is 30.6 Å². The van der Waals surface area contributed by atoms with Crippen LogP contribution in [0.3, 0.4) is 0 Å². The zero-order chi connectivity index (χ0) is 20.9. The molecule has 1 saturated heterocycles. The van der Waals surface area contributed by atoms with Crippen molar-refractivity contribution in [2.24, 2.45) is 22.7 Å². The SMILES string of the molecule is CC1(C)C2CCC1(CS(=O)(=O)N1CCCC(C(=O)Nc3ccccc3)C1)C(=O)C2. The summed E-state index contributed by atoms with van der Waals surface area (Å²) in [6, 6.07) is 9.21. The standard InChI is InChI=1S/C22H30N2O4S/c1-21(2)17-10-11-22(21,19(25)13-17)15-29(27,28)24-12-6-7-16(14-24)20(26)23-18-8-4-3-5-9-18/h3-5,8-9,16-17H,6-7,10-15H2,1-2H3,(H,23,26). The number of amides is 1. The summed E-state index contributed by atoms with van der Waals surface area (Å²) in [7, 11) is -3.62. The van der Waals surface area contributed by atoms with E-state index in [0.29, 0.717) is 37.9 Å². The monoisotopic (exact) mass is 418 g/mol. The van der Waals surface area contributed by atoms with Gasteiger partial charge in [-0.1, -0.05) is 32.0 Å². The predicted octanol–water partition coefficient (Wildman–Crippen LogP) is 3.06. The average molecular weight is 419 g/mol. The van der Waals surface area contributed by atoms with Crippen molar-refractivity contribution in [3.05, 3.63) is 30.3 Å². The van der Waals surface area contributed by atoms with Crippen LogP contribution in [0, 0.1) is 22.7 Å². The molecule has 2 aliphatic carbocycles. The first-order valence-corrected chi connectivity index (χ1v) is 12.1. The number of anilines is 1. The molecule has 1 heterocycles. The number of piperidine rings is 1. The molecule has 3 fully saturated rings. The van der Waals surface area contributed by atoms with Crippen LogP contribution < -0.4 is 5.32 Å². The molecule has 1 aromatic rings. The number of benzene rings is 1. The molecule has 0 radical (unpaired) electrons. The molecule has 2 bridgehead atoms. The highest BCUT2D eigenvalue weighted by Crippen LogP contribution is 2.64. The number of sulfonamides is 1. The number of fused-ring (bicyclic) bond motifs is 2. The summed E-state index contributed by atoms with van der Waals surface area (Å²) in [6.07, 6.45) is 3.41. The highest BCUT2D eigenvalue weighted by Gasteiger charge is 2.65. The van der Waals surface area contributed by atoms with E-state index in [-0.39, 0.29) is 41.2 Å². The number of rotatable bonds is 5. The second kappa shape index (κ2) is 7.20. The number of ketones is 1. The number of carbonyl (C=O) groups excluding carboxylic acids is 2. The van der Waals surface area contributed by atoms with E-state index in [9.17, 15) is 18.0 Å². The van der Waals surface area contributed by atoms with Gasteiger partial charge in [-0.25, -0.2) is 12.7 Å². The van der Waals surface area contributed by atoms with Gasteiger partial charge >= 0.3 is 0 Å². The normalized spacial score (nSPS) is 31.7. The number of hydrogen-bond donors (Lipinski definition) is 1. The van der Waals surface area contributed by atoms with Gasteiger partial charge in [-0.3, -0.25) is 9.59 Å². The summed E-state index contributed by atoms with van der Waals surface area (Å²) in [4.78, 5) is 25.4. The Balaban J connectivity index is 1.48. The lowest BCUT2D eigenvalue weighted by Crippen LogP contribution is -2.50. The van der Waals surface area contributed by atoms with E-state index in [1.807, 2.05) is 30.3 Å². The van der Waals surface area contributed by atoms with Crippen molar-refractivity contribution in [1.82, 2.24) is 4.31 Å². The fraction of sp³-hybridized carbons (Fsp3) is 0.636. The van der Waals surface area contributed by atoms with Gasteiger partial charge in [0.2, 0.25) is 15.9 Å². The van der Waals surface area contributed by atoms with Gasteiger partial charge in [0.25, 0.3) is 0 Å². The number of nitrogens with zero attached hydrogens (tertiary/aromatic N) is 1. The van der Waals surface area contributed by atoms with Crippen LogP contribution in [0.4, 0.5) is 5.69 Å². The first-order chi connectivity index (χ1) is 13.7. The Bertz CT molecular complexity index is 912. The van der Waals surface area contributed by atoms with Gasteiger partial charge < -0.3 is 5.32 Å². The Morgan fingerprint density at radius 2 is 1.93 bits per heavy atom. The minimum absolute atomic E-state index is 0.109. The van der Waals surface area contributed by atoms with Gasteiger partial charge in [-0.2, -0.15) is 0 Å². The molecule has 4 rings (SSSR count). The minimum Gasteiger partial charge on any atom is -0.326 e. The summed E-state index contributed by atoms with van der Waals surface area (Å²) < 4.78 is 28.1. The molecule has 29 heavy (non-hydrogen) atoms. The highest BCUT2D eigenvalue weighted by molar-refractivity contribution is 7.89. The average Bonchev–Trinajstić information content (AvgIpc) is 3.03. The Labute approximate surface area is 173 Å². The highest BCUT2D eigenvalue weighted by atomic mass is 32.2. The number of hydrogen-bond acceptors (Lipinski definition) is 4. The van der Waals surface area contributed by atoms with Crippen molar-refractivity contribution >= 4 is 27.4 Å². The van der Waals surface area contributed by atoms with Crippen LogP contribution in [0.1, 0.15) is 46.0 Å². The smallest absolute Gasteiger partial charge is 0.228 e. The van der Waals surface area contributed by atoms with E-state index in [4.69, 9.17) is 0 Å². The number of para-hydroxylation sites is 1. The van der Waals surface area contributed by atoms with E-state index in [1.165, 1.54) is 4.31 Å². The summed E-state index contributed by atoms with van der Waals surface area (Å²) in [5, 5.41) is 2.89. The minimum atomic E-state index is -3.62. The van der Waals surface area contributed by atoms with Crippen LogP contribution in [-0.2, 0) is 19.6 Å². The number of carbonyl (C=O) groups is 2. The molecule has 3 unspecified atom stereocenters. The summed E-state index contributed by atoms with van der Waals surface area (Å²) in [5.41, 5.74) is -0.334. The molecule has 7 heteroatoms. The van der Waals surface area contributed by atoms with E-state index in [2.05, 4.69) is 19.2 Å². The number of nitrogens with one attached hydrogen (secondary N) is 1. The van der Waals surface area contributed by atoms with E-state index >= 15 is 0 Å². The molecule has 3 atom stereocenters. The molecular formula is C22H30N2O4S. The van der Waals surface area contributed by atoms with E-state index < -0.39 is 15.4 Å². The zero-order valence-corrected chi connectivity index (χ0v) is 18.0. The lowest BCUT2D eigenvalue weighted by molar-refractivity contribution is -0.128. The van der Waals surface area contributed by atoms with Crippen LogP contribution in [0.2, 0.25) is 0 Å². The summed E-state index contributed by atoms with van der Waals surface area (Å²) in [5.74, 6) is -0.240. The van der Waals surface area contributed by atoms with Gasteiger partial charge in [-0.05, 0) is 49.1 Å². The molecule has 1 aliphatic heterocycles. The second-order valence-electron chi connectivity index (χ2n) is 9.48. The van der Waals surface area contributed by atoms with Crippen molar-refractivity contribution in [1.29, 1.82) is 0 Å². The van der Waals surface area contributed by atoms with E-state index in [0.717, 1.165) is 6.42 Å². The molecule has 3 aliphatic rings. The van der Waals surface area contributed by atoms with Gasteiger partial charge in [0.1, 0.15) is 5.78 Å². The Morgan fingerprint density at radius 1 is 1.21 bits per heavy atom. The summed E-state index contributed by atoms with van der Waals surface area (Å²) in [6.45, 7) is 4.72. The van der Waals surface area contributed by atoms with Crippen molar-refractivity contribution in [2.45, 2.75) is 46.0 Å². The van der Waals surface area contributed by atoms with Crippen LogP contribution in [-0.4, -0.2) is 43.3 Å². The van der Waals surface area contributed by atoms with Crippen molar-refractivity contribution in [3.63, 3.8) is 0 Å². The molecule has 0 aromatic heterocycles. The molecular weight excluding hydrogens is 388 g/mol. The van der Waals surface area contributed by atoms with E-state index in [1.54, 1.807) is 0 Å². The third-order valence-electron chi connectivity index (χ3n) is 7.76. The lowest BCUT2D eigenvalue weighted by atomic mass is 9.70. The molecule has 1 amide bonds. The van der Waals surface area contributed by atoms with Crippen molar-refractivity contribution < 1.29 is 18.0 Å². The second-order valence-corrected chi connectivity index (χ2v) is 11.4. The van der Waals surface area contributed by atoms with Crippen LogP contribution in [0.15, 0.2) is 30.3 Å². The molecule has 6 nitrogen and oxygen atoms in total. The third-order valence-corrected chi connectivity index (χ3v) is 9.73. The van der Waals surface area contributed by atoms with Crippen LogP contribution >= 0.6 is 0 Å². The predicted molar refractivity (Wildman–Crippen MR) is 112 cm³/mol.